The second kappa shape index (κ2) is 13.8. The Morgan fingerprint density at radius 3 is 2.10 bits per heavy atom. The Labute approximate surface area is 284 Å². The zero-order valence-corrected chi connectivity index (χ0v) is 26.9. The van der Waals surface area contributed by atoms with Crippen LogP contribution in [0.3, 0.4) is 0 Å². The molecule has 0 radical (unpaired) electrons. The van der Waals surface area contributed by atoms with E-state index in [9.17, 15) is 35.1 Å². The van der Waals surface area contributed by atoms with E-state index in [4.69, 9.17) is 33.2 Å². The summed E-state index contributed by atoms with van der Waals surface area (Å²) in [4.78, 5) is 26.0. The number of esters is 1. The molecule has 0 amide bonds. The second-order valence-electron chi connectivity index (χ2n) is 11.2. The van der Waals surface area contributed by atoms with Gasteiger partial charge in [-0.05, 0) is 53.6 Å². The highest BCUT2D eigenvalue weighted by atomic mass is 16.6. The van der Waals surface area contributed by atoms with Crippen molar-refractivity contribution in [3.05, 3.63) is 89.0 Å². The number of ether oxygens (including phenoxy) is 7. The average molecular weight is 689 g/mol. The van der Waals surface area contributed by atoms with Gasteiger partial charge >= 0.3 is 5.97 Å². The van der Waals surface area contributed by atoms with Crippen LogP contribution in [0.4, 0.5) is 0 Å². The number of fused-ring (bicyclic) bond motifs is 2. The van der Waals surface area contributed by atoms with Crippen LogP contribution in [0.15, 0.2) is 66.7 Å². The molecule has 2 heterocycles. The predicted molar refractivity (Wildman–Crippen MR) is 174 cm³/mol. The van der Waals surface area contributed by atoms with E-state index in [1.54, 1.807) is 18.2 Å². The Morgan fingerprint density at radius 1 is 0.760 bits per heavy atom. The number of aliphatic hydroxyl groups is 2. The molecule has 0 aliphatic carbocycles. The van der Waals surface area contributed by atoms with Crippen molar-refractivity contribution in [2.24, 2.45) is 0 Å². The number of phenols is 3. The Bertz CT molecular complexity index is 1960. The van der Waals surface area contributed by atoms with Crippen LogP contribution < -0.4 is 33.2 Å². The van der Waals surface area contributed by atoms with Crippen LogP contribution in [-0.4, -0.2) is 77.4 Å². The molecule has 260 valence electrons. The highest BCUT2D eigenvalue weighted by molar-refractivity contribution is 6.05. The van der Waals surface area contributed by atoms with Crippen LogP contribution in [0.1, 0.15) is 39.3 Å². The van der Waals surface area contributed by atoms with Gasteiger partial charge in [-0.25, -0.2) is 4.79 Å². The fraction of sp³-hybridized carbons (Fsp3) is 0.222. The number of carbonyl (C=O) groups is 2. The van der Waals surface area contributed by atoms with Crippen molar-refractivity contribution in [2.45, 2.75) is 24.4 Å². The molecular formula is C36H32O14. The summed E-state index contributed by atoms with van der Waals surface area (Å²) in [6.07, 6.45) is -2.13. The van der Waals surface area contributed by atoms with Gasteiger partial charge in [0, 0.05) is 23.8 Å². The minimum absolute atomic E-state index is 0.0822. The largest absolute Gasteiger partial charge is 0.507 e. The summed E-state index contributed by atoms with van der Waals surface area (Å²) in [5, 5.41) is 51.8. The van der Waals surface area contributed by atoms with Crippen molar-refractivity contribution in [1.82, 2.24) is 0 Å². The Kier molecular flexibility index (Phi) is 9.31. The lowest BCUT2D eigenvalue weighted by atomic mass is 9.92. The Morgan fingerprint density at radius 2 is 1.42 bits per heavy atom. The molecule has 50 heavy (non-hydrogen) atoms. The second-order valence-corrected chi connectivity index (χ2v) is 11.2. The van der Waals surface area contributed by atoms with E-state index in [1.165, 1.54) is 63.8 Å². The van der Waals surface area contributed by atoms with Gasteiger partial charge in [0.1, 0.15) is 22.8 Å². The molecule has 2 aliphatic heterocycles. The van der Waals surface area contributed by atoms with E-state index in [-0.39, 0.29) is 57.3 Å². The smallest absolute Gasteiger partial charge is 0.336 e. The monoisotopic (exact) mass is 688 g/mol. The molecule has 14 heteroatoms. The van der Waals surface area contributed by atoms with Gasteiger partial charge in [-0.2, -0.15) is 0 Å². The molecular weight excluding hydrogens is 656 g/mol. The lowest BCUT2D eigenvalue weighted by Gasteiger charge is -2.35. The van der Waals surface area contributed by atoms with Crippen LogP contribution >= 0.6 is 0 Å². The third-order valence-electron chi connectivity index (χ3n) is 8.12. The maximum absolute atomic E-state index is 13.3. The molecule has 4 aromatic rings. The molecule has 0 saturated carbocycles. The zero-order valence-electron chi connectivity index (χ0n) is 26.9. The molecule has 0 bridgehead atoms. The van der Waals surface area contributed by atoms with Crippen molar-refractivity contribution < 1.29 is 68.3 Å². The molecule has 2 unspecified atom stereocenters. The summed E-state index contributed by atoms with van der Waals surface area (Å²) < 4.78 is 39.0. The summed E-state index contributed by atoms with van der Waals surface area (Å²) in [7, 11) is 4.13. The van der Waals surface area contributed by atoms with E-state index in [0.29, 0.717) is 16.7 Å². The first-order chi connectivity index (χ1) is 24.0. The molecule has 4 aromatic carbocycles. The Balaban J connectivity index is 1.24. The lowest BCUT2D eigenvalue weighted by molar-refractivity contribution is -0.128. The number of aliphatic hydroxyl groups excluding tert-OH is 2. The number of methoxy groups -OCH3 is 3. The van der Waals surface area contributed by atoms with Gasteiger partial charge in [-0.15, -0.1) is 0 Å². The normalized spacial score (nSPS) is 19.3. The topological polar surface area (TPSA) is 200 Å². The maximum atomic E-state index is 13.3. The SMILES string of the molecule is COc1cc(C2Oc3cc([C@H]4Oc5cc(OC(=O)/C=C/c6cc(OC)c(O)c(OC)c6)cc(O)c5C(=O)[C@@H]4O)ccc3OC2CO)ccc1O. The minimum Gasteiger partial charge on any atom is -0.507 e. The molecule has 0 aromatic heterocycles. The van der Waals surface area contributed by atoms with Crippen LogP contribution in [0.2, 0.25) is 0 Å². The Hall–Kier alpha value is -6.12. The van der Waals surface area contributed by atoms with E-state index >= 15 is 0 Å². The van der Waals surface area contributed by atoms with Crippen molar-refractivity contribution in [3.63, 3.8) is 0 Å². The first kappa shape index (κ1) is 33.8. The van der Waals surface area contributed by atoms with Gasteiger partial charge in [-0.1, -0.05) is 12.1 Å². The number of rotatable bonds is 9. The van der Waals surface area contributed by atoms with Crippen molar-refractivity contribution in [1.29, 1.82) is 0 Å². The van der Waals surface area contributed by atoms with E-state index in [1.807, 2.05) is 0 Å². The highest BCUT2D eigenvalue weighted by Crippen LogP contribution is 2.46. The van der Waals surface area contributed by atoms with Crippen molar-refractivity contribution >= 4 is 17.8 Å². The third-order valence-corrected chi connectivity index (χ3v) is 8.12. The number of hydrogen-bond acceptors (Lipinski definition) is 14. The fourth-order valence-electron chi connectivity index (χ4n) is 5.65. The maximum Gasteiger partial charge on any atom is 0.336 e. The van der Waals surface area contributed by atoms with Gasteiger partial charge in [0.25, 0.3) is 0 Å². The number of hydrogen-bond donors (Lipinski definition) is 5. The van der Waals surface area contributed by atoms with Gasteiger partial charge in [0.05, 0.1) is 27.9 Å². The van der Waals surface area contributed by atoms with Crippen LogP contribution in [-0.2, 0) is 4.79 Å². The van der Waals surface area contributed by atoms with Crippen LogP contribution in [0.25, 0.3) is 6.08 Å². The summed E-state index contributed by atoms with van der Waals surface area (Å²) in [6.45, 7) is -0.392. The highest BCUT2D eigenvalue weighted by Gasteiger charge is 2.41. The fourth-order valence-corrected chi connectivity index (χ4v) is 5.65. The average Bonchev–Trinajstić information content (AvgIpc) is 3.11. The number of aromatic hydroxyl groups is 3. The van der Waals surface area contributed by atoms with E-state index in [2.05, 4.69) is 0 Å². The van der Waals surface area contributed by atoms with Gasteiger partial charge in [0.2, 0.25) is 11.5 Å². The molecule has 0 fully saturated rings. The molecule has 2 aliphatic rings. The number of benzene rings is 4. The van der Waals surface area contributed by atoms with Crippen LogP contribution in [0.5, 0.6) is 57.5 Å². The quantitative estimate of drug-likeness (QED) is 0.0960. The summed E-state index contributed by atoms with van der Waals surface area (Å²) in [5.74, 6) is -1.87. The first-order valence-electron chi connectivity index (χ1n) is 15.1. The molecule has 4 atom stereocenters. The lowest BCUT2D eigenvalue weighted by Crippen LogP contribution is -2.37. The van der Waals surface area contributed by atoms with Crippen LogP contribution in [0, 0.1) is 0 Å². The summed E-state index contributed by atoms with van der Waals surface area (Å²) in [5.41, 5.74) is 1.01. The number of ketones is 1. The number of carbonyl (C=O) groups excluding carboxylic acids is 2. The van der Waals surface area contributed by atoms with Gasteiger partial charge < -0.3 is 58.7 Å². The van der Waals surface area contributed by atoms with E-state index in [0.717, 1.165) is 12.1 Å². The standard InChI is InChI=1S/C36H32O14/c1-44-24-12-18(5-7-21(24)38)35-29(16-37)48-23-8-6-19(13-25(23)49-35)36-34(43)33(42)31-22(39)14-20(15-26(31)50-36)47-30(40)9-4-17-10-27(45-2)32(41)28(11-17)46-3/h4-15,29,34-39,41,43H,16H2,1-3H3/b9-4+/t29?,34-,35?,36+/m0/s1. The summed E-state index contributed by atoms with van der Waals surface area (Å²) in [6, 6.07) is 14.4. The molecule has 5 N–H and O–H groups in total. The van der Waals surface area contributed by atoms with E-state index < -0.39 is 48.5 Å². The number of Topliss-reactive ketones (excluding diaryl/α,β-unsaturated/α-hetero) is 1. The number of phenolic OH excluding ortho intramolecular Hbond substituents is 3. The molecule has 6 rings (SSSR count). The predicted octanol–water partition coefficient (Wildman–Crippen LogP) is 4.00. The van der Waals surface area contributed by atoms with Crippen molar-refractivity contribution in [3.8, 4) is 57.5 Å². The van der Waals surface area contributed by atoms with Gasteiger partial charge in [-0.3, -0.25) is 4.79 Å². The molecule has 0 saturated heterocycles. The summed E-state index contributed by atoms with van der Waals surface area (Å²) >= 11 is 0. The zero-order chi connectivity index (χ0) is 35.7. The molecule has 14 nitrogen and oxygen atoms in total. The minimum atomic E-state index is -1.73. The molecule has 0 spiro atoms. The van der Waals surface area contributed by atoms with Crippen molar-refractivity contribution in [2.75, 3.05) is 27.9 Å². The third kappa shape index (κ3) is 6.36. The van der Waals surface area contributed by atoms with Gasteiger partial charge in [0.15, 0.2) is 58.9 Å². The first-order valence-corrected chi connectivity index (χ1v) is 15.1.